The second-order valence-electron chi connectivity index (χ2n) is 6.51. The predicted octanol–water partition coefficient (Wildman–Crippen LogP) is 2.98. The van der Waals surface area contributed by atoms with Crippen molar-refractivity contribution in [3.63, 3.8) is 0 Å². The van der Waals surface area contributed by atoms with Crippen LogP contribution in [0.3, 0.4) is 0 Å². The minimum Gasteiger partial charge on any atom is -0.441 e. The summed E-state index contributed by atoms with van der Waals surface area (Å²) in [7, 11) is -4.28. The SMILES string of the molecule is O=C(c1cn[nH]c1-c1ccc(S(=O)(=O)Nc2ccc(F)cc2F)o1)N1CCCC1. The number of amides is 1. The summed E-state index contributed by atoms with van der Waals surface area (Å²) in [6, 6.07) is 4.99. The lowest BCUT2D eigenvalue weighted by molar-refractivity contribution is 0.0793. The average Bonchev–Trinajstić information content (AvgIpc) is 3.43. The van der Waals surface area contributed by atoms with Gasteiger partial charge in [0.25, 0.3) is 15.9 Å². The Balaban J connectivity index is 1.60. The van der Waals surface area contributed by atoms with Crippen LogP contribution in [0, 0.1) is 11.6 Å². The number of rotatable bonds is 5. The largest absolute Gasteiger partial charge is 0.441 e. The quantitative estimate of drug-likeness (QED) is 0.657. The third-order valence-corrected chi connectivity index (χ3v) is 5.77. The fourth-order valence-corrected chi connectivity index (χ4v) is 4.10. The van der Waals surface area contributed by atoms with E-state index in [9.17, 15) is 22.0 Å². The molecule has 3 heterocycles. The number of carbonyl (C=O) groups excluding carboxylic acids is 1. The summed E-state index contributed by atoms with van der Waals surface area (Å²) in [6.45, 7) is 1.29. The van der Waals surface area contributed by atoms with Crippen LogP contribution in [0.1, 0.15) is 23.2 Å². The van der Waals surface area contributed by atoms with Crippen LogP contribution in [0.25, 0.3) is 11.5 Å². The van der Waals surface area contributed by atoms with Crippen LogP contribution >= 0.6 is 0 Å². The van der Waals surface area contributed by atoms with Crippen LogP contribution in [0.4, 0.5) is 14.5 Å². The van der Waals surface area contributed by atoms with Gasteiger partial charge in [-0.25, -0.2) is 8.78 Å². The fourth-order valence-electron chi connectivity index (χ4n) is 3.09. The van der Waals surface area contributed by atoms with Crippen molar-refractivity contribution in [2.24, 2.45) is 0 Å². The highest BCUT2D eigenvalue weighted by Gasteiger charge is 2.27. The van der Waals surface area contributed by atoms with E-state index in [0.717, 1.165) is 25.0 Å². The van der Waals surface area contributed by atoms with Crippen LogP contribution in [-0.4, -0.2) is 42.5 Å². The maximum atomic E-state index is 13.8. The number of anilines is 1. The number of nitrogens with one attached hydrogen (secondary N) is 2. The maximum Gasteiger partial charge on any atom is 0.295 e. The van der Waals surface area contributed by atoms with Crippen molar-refractivity contribution in [3.05, 3.63) is 53.7 Å². The number of sulfonamides is 1. The number of aromatic amines is 1. The zero-order valence-corrected chi connectivity index (χ0v) is 15.8. The molecule has 0 aliphatic carbocycles. The molecule has 1 amide bonds. The Labute approximate surface area is 164 Å². The third-order valence-electron chi connectivity index (χ3n) is 4.53. The Morgan fingerprint density at radius 2 is 1.93 bits per heavy atom. The first kappa shape index (κ1) is 19.1. The lowest BCUT2D eigenvalue weighted by Crippen LogP contribution is -2.27. The molecule has 0 unspecified atom stereocenters. The van der Waals surface area contributed by atoms with Gasteiger partial charge in [0, 0.05) is 19.2 Å². The molecule has 1 aliphatic rings. The number of aromatic nitrogens is 2. The Kier molecular flexibility index (Phi) is 4.82. The Morgan fingerprint density at radius 1 is 1.17 bits per heavy atom. The molecule has 0 atom stereocenters. The van der Waals surface area contributed by atoms with Crippen molar-refractivity contribution in [2.45, 2.75) is 17.9 Å². The van der Waals surface area contributed by atoms with E-state index in [0.29, 0.717) is 19.2 Å². The number of benzene rings is 1. The smallest absolute Gasteiger partial charge is 0.295 e. The van der Waals surface area contributed by atoms with E-state index in [4.69, 9.17) is 4.42 Å². The van der Waals surface area contributed by atoms with E-state index in [1.165, 1.54) is 18.3 Å². The molecule has 0 saturated carbocycles. The minimum atomic E-state index is -4.28. The number of likely N-dealkylation sites (tertiary alicyclic amines) is 1. The molecule has 4 rings (SSSR count). The van der Waals surface area contributed by atoms with Gasteiger partial charge in [0.15, 0.2) is 5.76 Å². The van der Waals surface area contributed by atoms with E-state index in [1.54, 1.807) is 4.90 Å². The average molecular weight is 422 g/mol. The summed E-state index contributed by atoms with van der Waals surface area (Å²) >= 11 is 0. The highest BCUT2D eigenvalue weighted by Crippen LogP contribution is 2.28. The normalized spacial score (nSPS) is 14.3. The summed E-state index contributed by atoms with van der Waals surface area (Å²) in [6.07, 6.45) is 3.21. The summed E-state index contributed by atoms with van der Waals surface area (Å²) in [5.41, 5.74) is 0.0924. The second-order valence-corrected chi connectivity index (χ2v) is 8.12. The van der Waals surface area contributed by atoms with Crippen molar-refractivity contribution in [3.8, 4) is 11.5 Å². The van der Waals surface area contributed by atoms with Crippen molar-refractivity contribution in [2.75, 3.05) is 17.8 Å². The molecule has 1 aliphatic heterocycles. The molecule has 0 bridgehead atoms. The van der Waals surface area contributed by atoms with E-state index in [1.807, 2.05) is 4.72 Å². The minimum absolute atomic E-state index is 0.0880. The van der Waals surface area contributed by atoms with Crippen LogP contribution in [0.2, 0.25) is 0 Å². The number of carbonyl (C=O) groups is 1. The van der Waals surface area contributed by atoms with Crippen LogP contribution in [0.15, 0.2) is 46.0 Å². The molecule has 2 N–H and O–H groups in total. The zero-order valence-electron chi connectivity index (χ0n) is 15.0. The predicted molar refractivity (Wildman–Crippen MR) is 98.6 cm³/mol. The third kappa shape index (κ3) is 3.73. The van der Waals surface area contributed by atoms with Crippen molar-refractivity contribution in [1.29, 1.82) is 0 Å². The number of hydrogen-bond donors (Lipinski definition) is 2. The van der Waals surface area contributed by atoms with E-state index < -0.39 is 32.4 Å². The van der Waals surface area contributed by atoms with Gasteiger partial charge < -0.3 is 9.32 Å². The van der Waals surface area contributed by atoms with E-state index >= 15 is 0 Å². The van der Waals surface area contributed by atoms with Crippen LogP contribution < -0.4 is 4.72 Å². The van der Waals surface area contributed by atoms with Gasteiger partial charge in [-0.3, -0.25) is 14.6 Å². The summed E-state index contributed by atoms with van der Waals surface area (Å²) in [5, 5.41) is 6.02. The number of furan rings is 1. The van der Waals surface area contributed by atoms with Gasteiger partial charge in [0.2, 0.25) is 5.09 Å². The van der Waals surface area contributed by atoms with Gasteiger partial charge in [-0.2, -0.15) is 13.5 Å². The maximum absolute atomic E-state index is 13.8. The monoisotopic (exact) mass is 422 g/mol. The number of nitrogens with zero attached hydrogens (tertiary/aromatic N) is 2. The molecule has 0 spiro atoms. The first-order chi connectivity index (χ1) is 13.8. The number of hydrogen-bond acceptors (Lipinski definition) is 5. The number of H-pyrrole nitrogens is 1. The molecule has 152 valence electrons. The summed E-state index contributed by atoms with van der Waals surface area (Å²) in [5.74, 6) is -2.03. The van der Waals surface area contributed by atoms with Gasteiger partial charge in [-0.05, 0) is 37.1 Å². The van der Waals surface area contributed by atoms with Crippen molar-refractivity contribution in [1.82, 2.24) is 15.1 Å². The standard InChI is InChI=1S/C18H16F2N4O4S/c19-11-3-4-14(13(20)9-11)23-29(26,27)16-6-5-15(28-16)17-12(10-21-22-17)18(25)24-7-1-2-8-24/h3-6,9-10,23H,1-2,7-8H2,(H,21,22). The molecule has 1 aromatic carbocycles. The fraction of sp³-hybridized carbons (Fsp3) is 0.222. The van der Waals surface area contributed by atoms with Gasteiger partial charge >= 0.3 is 0 Å². The molecule has 1 saturated heterocycles. The first-order valence-electron chi connectivity index (χ1n) is 8.76. The molecule has 29 heavy (non-hydrogen) atoms. The van der Waals surface area contributed by atoms with E-state index in [2.05, 4.69) is 10.2 Å². The van der Waals surface area contributed by atoms with Crippen molar-refractivity contribution >= 4 is 21.6 Å². The van der Waals surface area contributed by atoms with E-state index in [-0.39, 0.29) is 22.9 Å². The second kappa shape index (κ2) is 7.32. The molecule has 3 aromatic rings. The van der Waals surface area contributed by atoms with Crippen molar-refractivity contribution < 1.29 is 26.4 Å². The van der Waals surface area contributed by atoms with Crippen LogP contribution in [0.5, 0.6) is 0 Å². The highest BCUT2D eigenvalue weighted by molar-refractivity contribution is 7.92. The van der Waals surface area contributed by atoms with Gasteiger partial charge in [-0.1, -0.05) is 0 Å². The highest BCUT2D eigenvalue weighted by atomic mass is 32.2. The van der Waals surface area contributed by atoms with Gasteiger partial charge in [0.05, 0.1) is 17.4 Å². The Bertz CT molecular complexity index is 1170. The molecule has 0 radical (unpaired) electrons. The Hall–Kier alpha value is -3.21. The van der Waals surface area contributed by atoms with Gasteiger partial charge in [-0.15, -0.1) is 0 Å². The van der Waals surface area contributed by atoms with Crippen LogP contribution in [-0.2, 0) is 10.0 Å². The van der Waals surface area contributed by atoms with Gasteiger partial charge in [0.1, 0.15) is 17.3 Å². The lowest BCUT2D eigenvalue weighted by Gasteiger charge is -2.14. The zero-order chi connectivity index (χ0) is 20.6. The first-order valence-corrected chi connectivity index (χ1v) is 10.2. The molecule has 8 nitrogen and oxygen atoms in total. The molecular formula is C18H16F2N4O4S. The molecule has 2 aromatic heterocycles. The Morgan fingerprint density at radius 3 is 2.66 bits per heavy atom. The lowest BCUT2D eigenvalue weighted by atomic mass is 10.2. The molecule has 1 fully saturated rings. The molecular weight excluding hydrogens is 406 g/mol. The summed E-state index contributed by atoms with van der Waals surface area (Å²) < 4.78 is 59.1. The number of halogens is 2. The molecule has 11 heteroatoms. The topological polar surface area (TPSA) is 108 Å². The summed E-state index contributed by atoms with van der Waals surface area (Å²) in [4.78, 5) is 14.3.